The summed E-state index contributed by atoms with van der Waals surface area (Å²) >= 11 is 0. The number of aromatic nitrogens is 1. The Morgan fingerprint density at radius 3 is 1.05 bits per heavy atom. The second-order valence-electron chi connectivity index (χ2n) is 22.0. The van der Waals surface area contributed by atoms with Gasteiger partial charge in [-0.3, -0.25) is 0 Å². The van der Waals surface area contributed by atoms with Crippen LogP contribution in [0.25, 0.3) is 27.5 Å². The minimum Gasteiger partial charge on any atom is -0.310 e. The molecule has 3 heterocycles. The second kappa shape index (κ2) is 13.7. The zero-order valence-corrected chi connectivity index (χ0v) is 40.0. The highest BCUT2D eigenvalue weighted by molar-refractivity contribution is 6.16. The Kier molecular flexibility index (Phi) is 8.92. The molecule has 0 amide bonds. The lowest BCUT2D eigenvalue weighted by Gasteiger charge is -2.42. The van der Waals surface area contributed by atoms with Gasteiger partial charge in [0.25, 0.3) is 0 Å². The number of anilines is 6. The van der Waals surface area contributed by atoms with Crippen molar-refractivity contribution in [2.75, 3.05) is 9.80 Å². The summed E-state index contributed by atoms with van der Waals surface area (Å²) in [6, 6.07) is 49.6. The fourth-order valence-corrected chi connectivity index (χ4v) is 11.0. The Morgan fingerprint density at radius 1 is 0.381 bits per heavy atom. The lowest BCUT2D eigenvalue weighted by molar-refractivity contribution is 0.590. The molecule has 0 fully saturated rings. The third kappa shape index (κ3) is 6.36. The van der Waals surface area contributed by atoms with Crippen LogP contribution in [-0.2, 0) is 21.7 Å². The molecule has 0 spiro atoms. The van der Waals surface area contributed by atoms with Gasteiger partial charge >= 0.3 is 0 Å². The first-order chi connectivity index (χ1) is 29.6. The van der Waals surface area contributed by atoms with E-state index in [1.54, 1.807) is 0 Å². The molecule has 3 heteroatoms. The minimum absolute atomic E-state index is 0.0551. The summed E-state index contributed by atoms with van der Waals surface area (Å²) < 4.78 is 2.66. The van der Waals surface area contributed by atoms with Crippen molar-refractivity contribution < 1.29 is 0 Å². The minimum atomic E-state index is -0.259. The summed E-state index contributed by atoms with van der Waals surface area (Å²) in [7, 11) is 0. The highest BCUT2D eigenvalue weighted by Gasteiger charge is 2.44. The number of hydrogen-bond acceptors (Lipinski definition) is 2. The number of nitrogens with zero attached hydrogens (tertiary/aromatic N) is 3. The van der Waals surface area contributed by atoms with Gasteiger partial charge in [0, 0.05) is 55.7 Å². The van der Waals surface area contributed by atoms with Gasteiger partial charge in [-0.15, -0.1) is 0 Å². The van der Waals surface area contributed by atoms with E-state index in [0.29, 0.717) is 0 Å². The predicted octanol–water partition coefficient (Wildman–Crippen LogP) is 16.8. The van der Waals surface area contributed by atoms with E-state index in [4.69, 9.17) is 0 Å². The molecule has 0 unspecified atom stereocenters. The number of benzene rings is 7. The summed E-state index contributed by atoms with van der Waals surface area (Å²) in [5.74, 6) is 0. The van der Waals surface area contributed by atoms with E-state index in [1.165, 1.54) is 106 Å². The smallest absolute Gasteiger partial charge is 0.0583 e. The molecular formula is C60H63N3. The molecule has 0 radical (unpaired) electrons. The largest absolute Gasteiger partial charge is 0.310 e. The first kappa shape index (κ1) is 41.0. The van der Waals surface area contributed by atoms with Crippen LogP contribution >= 0.6 is 0 Å². The molecule has 0 aliphatic carbocycles. The van der Waals surface area contributed by atoms with Crippen LogP contribution < -0.4 is 9.80 Å². The van der Waals surface area contributed by atoms with Gasteiger partial charge in [-0.2, -0.15) is 0 Å². The molecule has 0 bridgehead atoms. The molecule has 0 N–H and O–H groups in total. The molecular weight excluding hydrogens is 763 g/mol. The Hall–Kier alpha value is -6.06. The third-order valence-corrected chi connectivity index (χ3v) is 14.3. The van der Waals surface area contributed by atoms with Crippen LogP contribution in [-0.4, -0.2) is 4.57 Å². The Labute approximate surface area is 376 Å². The summed E-state index contributed by atoms with van der Waals surface area (Å²) in [6.07, 6.45) is 0. The molecule has 63 heavy (non-hydrogen) atoms. The van der Waals surface area contributed by atoms with Crippen molar-refractivity contribution in [3.8, 4) is 5.69 Å². The van der Waals surface area contributed by atoms with Crippen LogP contribution in [0.3, 0.4) is 0 Å². The number of aryl methyl sites for hydroxylation is 4. The molecule has 1 aromatic heterocycles. The van der Waals surface area contributed by atoms with Gasteiger partial charge < -0.3 is 14.4 Å². The van der Waals surface area contributed by atoms with E-state index >= 15 is 0 Å². The standard InChI is InChI=1S/C60H63N3/c1-36-26-37(2)29-44(28-36)61(42-22-18-40(19-23-42)57(5,6)7)46-32-48-49-33-47(62(45-30-38(3)27-39(4)31-45)43-24-20-41(21-25-43)58(8,9)10)35-53-55(49)63-54(48)52(34-46)59(11,12)50-16-15-17-51(56(50)63)60(53,13)14/h15-35H,1-14H3. The molecule has 2 aliphatic rings. The lowest BCUT2D eigenvalue weighted by Crippen LogP contribution is -2.33. The summed E-state index contributed by atoms with van der Waals surface area (Å²) in [6.45, 7) is 32.4. The third-order valence-electron chi connectivity index (χ3n) is 14.3. The van der Waals surface area contributed by atoms with Crippen LogP contribution in [0.5, 0.6) is 0 Å². The molecule has 0 saturated carbocycles. The normalized spacial score (nSPS) is 14.8. The average molecular weight is 826 g/mol. The van der Waals surface area contributed by atoms with Crippen molar-refractivity contribution in [1.82, 2.24) is 4.57 Å². The lowest BCUT2D eigenvalue weighted by atomic mass is 9.68. The van der Waals surface area contributed by atoms with Gasteiger partial charge in [0.2, 0.25) is 0 Å². The Morgan fingerprint density at radius 2 is 0.714 bits per heavy atom. The van der Waals surface area contributed by atoms with Crippen molar-refractivity contribution in [1.29, 1.82) is 0 Å². The van der Waals surface area contributed by atoms with E-state index in [2.05, 4.69) is 239 Å². The maximum atomic E-state index is 2.66. The van der Waals surface area contributed by atoms with Gasteiger partial charge in [0.1, 0.15) is 0 Å². The molecule has 10 rings (SSSR count). The SMILES string of the molecule is Cc1cc(C)cc(N(c2ccc(C(C)(C)C)cc2)c2cc3c4c(c2)c2cc(N(c5ccc(C(C)(C)C)cc5)c5cc(C)cc(C)c5)cc5c2n4-c2c(cccc2C5(C)C)C3(C)C)c1. The van der Waals surface area contributed by atoms with Crippen LogP contribution in [0, 0.1) is 27.7 Å². The van der Waals surface area contributed by atoms with Gasteiger partial charge in [0.05, 0.1) is 16.7 Å². The van der Waals surface area contributed by atoms with E-state index < -0.39 is 0 Å². The van der Waals surface area contributed by atoms with Gasteiger partial charge in [-0.25, -0.2) is 0 Å². The molecule has 2 aliphatic heterocycles. The van der Waals surface area contributed by atoms with Crippen LogP contribution in [0.1, 0.15) is 125 Å². The van der Waals surface area contributed by atoms with E-state index in [-0.39, 0.29) is 21.7 Å². The fraction of sp³-hybridized carbons (Fsp3) is 0.300. The number of fused-ring (bicyclic) bond motifs is 1. The molecule has 0 saturated heterocycles. The van der Waals surface area contributed by atoms with E-state index in [9.17, 15) is 0 Å². The monoisotopic (exact) mass is 826 g/mol. The first-order valence-electron chi connectivity index (χ1n) is 22.9. The van der Waals surface area contributed by atoms with E-state index in [1.807, 2.05) is 0 Å². The summed E-state index contributed by atoms with van der Waals surface area (Å²) in [4.78, 5) is 5.00. The maximum Gasteiger partial charge on any atom is 0.0583 e. The highest BCUT2D eigenvalue weighted by atomic mass is 15.2. The number of rotatable bonds is 6. The average Bonchev–Trinajstić information content (AvgIpc) is 3.52. The number of para-hydroxylation sites is 1. The van der Waals surface area contributed by atoms with Gasteiger partial charge in [-0.1, -0.05) is 124 Å². The second-order valence-corrected chi connectivity index (χ2v) is 22.0. The summed E-state index contributed by atoms with van der Waals surface area (Å²) in [5.41, 5.74) is 23.8. The first-order valence-corrected chi connectivity index (χ1v) is 22.9. The Balaban J connectivity index is 1.33. The zero-order valence-electron chi connectivity index (χ0n) is 40.0. The van der Waals surface area contributed by atoms with Crippen molar-refractivity contribution in [2.24, 2.45) is 0 Å². The topological polar surface area (TPSA) is 11.4 Å². The fourth-order valence-electron chi connectivity index (χ4n) is 11.0. The van der Waals surface area contributed by atoms with Gasteiger partial charge in [-0.05, 0) is 167 Å². The van der Waals surface area contributed by atoms with Crippen molar-refractivity contribution >= 4 is 55.9 Å². The van der Waals surface area contributed by atoms with Crippen LogP contribution in [0.15, 0.2) is 127 Å². The zero-order chi connectivity index (χ0) is 44.7. The quantitative estimate of drug-likeness (QED) is 0.165. The summed E-state index contributed by atoms with van der Waals surface area (Å²) in [5, 5.41) is 2.58. The Bertz CT molecular complexity index is 2910. The van der Waals surface area contributed by atoms with Crippen LogP contribution in [0.2, 0.25) is 0 Å². The van der Waals surface area contributed by atoms with E-state index in [0.717, 1.165) is 11.4 Å². The maximum absolute atomic E-state index is 2.66. The molecule has 7 aromatic carbocycles. The van der Waals surface area contributed by atoms with Gasteiger partial charge in [0.15, 0.2) is 0 Å². The number of hydrogen-bond donors (Lipinski definition) is 0. The van der Waals surface area contributed by atoms with Crippen LogP contribution in [0.4, 0.5) is 34.1 Å². The van der Waals surface area contributed by atoms with Crippen molar-refractivity contribution in [3.63, 3.8) is 0 Å². The highest BCUT2D eigenvalue weighted by Crippen LogP contribution is 2.58. The van der Waals surface area contributed by atoms with Crippen molar-refractivity contribution in [3.05, 3.63) is 183 Å². The molecule has 318 valence electrons. The molecule has 3 nitrogen and oxygen atoms in total. The predicted molar refractivity (Wildman–Crippen MR) is 271 cm³/mol. The molecule has 8 aromatic rings. The van der Waals surface area contributed by atoms with Crippen molar-refractivity contribution in [2.45, 2.75) is 119 Å². The molecule has 0 atom stereocenters.